The van der Waals surface area contributed by atoms with E-state index in [2.05, 4.69) is 28.6 Å². The van der Waals surface area contributed by atoms with Crippen LogP contribution in [0.3, 0.4) is 0 Å². The molecule has 0 radical (unpaired) electrons. The maximum Gasteiger partial charge on any atom is 0.387 e. The highest BCUT2D eigenvalue weighted by Crippen LogP contribution is 2.37. The van der Waals surface area contributed by atoms with Gasteiger partial charge in [0.2, 0.25) is 0 Å². The van der Waals surface area contributed by atoms with Crippen LogP contribution in [0.2, 0.25) is 0 Å². The lowest BCUT2D eigenvalue weighted by Gasteiger charge is -2.28. The Hall–Kier alpha value is -4.27. The Balaban J connectivity index is 1.67. The standard InChI is InChI=1S/C30H28F4N2O3/c1-30(2,23-6-4-3-5-7-23)35-24-11-8-21(9-12-24)25(18-20-14-16-36(37)17-15-20)22-10-13-26(38-28(31)32)27(19-22)39-29(33)34/h3-17,19,25,28-29,35H,18H2,1-2H3. The summed E-state index contributed by atoms with van der Waals surface area (Å²) in [6.07, 6.45) is 3.15. The third-order valence-electron chi connectivity index (χ3n) is 6.38. The number of pyridine rings is 1. The maximum atomic E-state index is 13.1. The molecule has 0 amide bonds. The molecule has 0 saturated heterocycles. The fraction of sp³-hybridized carbons (Fsp3) is 0.233. The molecular weight excluding hydrogens is 512 g/mol. The Labute approximate surface area is 224 Å². The monoisotopic (exact) mass is 540 g/mol. The molecule has 1 aromatic heterocycles. The topological polar surface area (TPSA) is 57.4 Å². The van der Waals surface area contributed by atoms with Crippen LogP contribution in [0.5, 0.6) is 11.5 Å². The van der Waals surface area contributed by atoms with E-state index in [1.54, 1.807) is 18.2 Å². The molecule has 1 unspecified atom stereocenters. The van der Waals surface area contributed by atoms with Gasteiger partial charge in [-0.25, -0.2) is 0 Å². The molecule has 4 aromatic rings. The molecule has 1 N–H and O–H groups in total. The summed E-state index contributed by atoms with van der Waals surface area (Å²) < 4.78 is 61.4. The van der Waals surface area contributed by atoms with Gasteiger partial charge < -0.3 is 20.0 Å². The summed E-state index contributed by atoms with van der Waals surface area (Å²) in [5.41, 5.74) is 3.87. The van der Waals surface area contributed by atoms with Crippen LogP contribution in [0.1, 0.15) is 42.0 Å². The normalized spacial score (nSPS) is 12.4. The van der Waals surface area contributed by atoms with Gasteiger partial charge in [0.15, 0.2) is 23.9 Å². The Morgan fingerprint density at radius 1 is 0.769 bits per heavy atom. The molecule has 0 aliphatic rings. The van der Waals surface area contributed by atoms with E-state index in [1.807, 2.05) is 54.6 Å². The van der Waals surface area contributed by atoms with E-state index in [0.717, 1.165) is 22.4 Å². The molecule has 3 aromatic carbocycles. The third kappa shape index (κ3) is 7.40. The fourth-order valence-corrected chi connectivity index (χ4v) is 4.45. The van der Waals surface area contributed by atoms with Gasteiger partial charge in [0.1, 0.15) is 0 Å². The minimum atomic E-state index is -3.22. The highest BCUT2D eigenvalue weighted by Gasteiger charge is 2.23. The van der Waals surface area contributed by atoms with Crippen LogP contribution < -0.4 is 19.5 Å². The molecule has 9 heteroatoms. The second-order valence-electron chi connectivity index (χ2n) is 9.52. The molecule has 0 bridgehead atoms. The third-order valence-corrected chi connectivity index (χ3v) is 6.38. The summed E-state index contributed by atoms with van der Waals surface area (Å²) in [4.78, 5) is 0. The van der Waals surface area contributed by atoms with Crippen LogP contribution >= 0.6 is 0 Å². The van der Waals surface area contributed by atoms with E-state index in [4.69, 9.17) is 0 Å². The van der Waals surface area contributed by atoms with Crippen molar-refractivity contribution in [2.45, 2.75) is 44.9 Å². The van der Waals surface area contributed by atoms with Gasteiger partial charge in [-0.1, -0.05) is 48.5 Å². The molecule has 1 heterocycles. The lowest BCUT2D eigenvalue weighted by molar-refractivity contribution is -0.605. The van der Waals surface area contributed by atoms with E-state index in [0.29, 0.717) is 16.7 Å². The lowest BCUT2D eigenvalue weighted by atomic mass is 9.85. The lowest BCUT2D eigenvalue weighted by Crippen LogP contribution is -2.27. The molecule has 39 heavy (non-hydrogen) atoms. The van der Waals surface area contributed by atoms with Crippen molar-refractivity contribution in [3.63, 3.8) is 0 Å². The molecule has 0 spiro atoms. The van der Waals surface area contributed by atoms with Crippen molar-refractivity contribution in [1.82, 2.24) is 0 Å². The number of hydrogen-bond donors (Lipinski definition) is 1. The first kappa shape index (κ1) is 27.8. The van der Waals surface area contributed by atoms with Crippen LogP contribution in [-0.2, 0) is 12.0 Å². The Bertz CT molecular complexity index is 1350. The Kier molecular flexibility index (Phi) is 8.59. The van der Waals surface area contributed by atoms with Crippen molar-refractivity contribution >= 4 is 5.69 Å². The largest absolute Gasteiger partial charge is 0.619 e. The molecule has 0 saturated carbocycles. The Morgan fingerprint density at radius 3 is 1.97 bits per heavy atom. The van der Waals surface area contributed by atoms with Gasteiger partial charge in [-0.2, -0.15) is 22.3 Å². The number of anilines is 1. The minimum absolute atomic E-state index is 0.345. The van der Waals surface area contributed by atoms with Crippen molar-refractivity contribution in [1.29, 1.82) is 0 Å². The van der Waals surface area contributed by atoms with Crippen LogP contribution in [0.25, 0.3) is 0 Å². The molecule has 1 atom stereocenters. The van der Waals surface area contributed by atoms with Crippen LogP contribution in [0, 0.1) is 5.21 Å². The zero-order chi connectivity index (χ0) is 28.0. The average Bonchev–Trinajstić information content (AvgIpc) is 2.90. The number of benzene rings is 3. The molecule has 0 fully saturated rings. The second-order valence-corrected chi connectivity index (χ2v) is 9.52. The van der Waals surface area contributed by atoms with E-state index in [9.17, 15) is 22.8 Å². The van der Waals surface area contributed by atoms with Crippen LogP contribution in [0.4, 0.5) is 23.2 Å². The first-order chi connectivity index (χ1) is 18.6. The van der Waals surface area contributed by atoms with Crippen LogP contribution in [0.15, 0.2) is 97.3 Å². The quantitative estimate of drug-likeness (QED) is 0.124. The van der Waals surface area contributed by atoms with Gasteiger partial charge in [0, 0.05) is 23.7 Å². The van der Waals surface area contributed by atoms with Crippen molar-refractivity contribution in [3.8, 4) is 11.5 Å². The summed E-state index contributed by atoms with van der Waals surface area (Å²) >= 11 is 0. The minimum Gasteiger partial charge on any atom is -0.619 e. The molecule has 204 valence electrons. The molecular formula is C30H28F4N2O3. The smallest absolute Gasteiger partial charge is 0.387 e. The number of alkyl halides is 4. The Morgan fingerprint density at radius 2 is 1.36 bits per heavy atom. The first-order valence-corrected chi connectivity index (χ1v) is 12.3. The maximum absolute atomic E-state index is 13.1. The number of halogens is 4. The van der Waals surface area contributed by atoms with Gasteiger partial charge in [-0.3, -0.25) is 0 Å². The van der Waals surface area contributed by atoms with E-state index >= 15 is 0 Å². The zero-order valence-electron chi connectivity index (χ0n) is 21.4. The van der Waals surface area contributed by atoms with Crippen molar-refractivity contribution in [3.05, 3.63) is 125 Å². The van der Waals surface area contributed by atoms with Gasteiger partial charge >= 0.3 is 13.2 Å². The highest BCUT2D eigenvalue weighted by atomic mass is 19.3. The number of aromatic nitrogens is 1. The first-order valence-electron chi connectivity index (χ1n) is 12.3. The van der Waals surface area contributed by atoms with Gasteiger partial charge in [-0.15, -0.1) is 0 Å². The average molecular weight is 541 g/mol. The summed E-state index contributed by atoms with van der Waals surface area (Å²) in [7, 11) is 0. The number of nitrogens with zero attached hydrogens (tertiary/aromatic N) is 1. The summed E-state index contributed by atoms with van der Waals surface area (Å²) in [5, 5.41) is 15.0. The van der Waals surface area contributed by atoms with Crippen molar-refractivity contribution in [2.24, 2.45) is 0 Å². The summed E-state index contributed by atoms with van der Waals surface area (Å²) in [5.74, 6) is -1.34. The number of ether oxygens (including phenoxy) is 2. The van der Waals surface area contributed by atoms with Gasteiger partial charge in [0.25, 0.3) is 0 Å². The summed E-state index contributed by atoms with van der Waals surface area (Å²) in [6, 6.07) is 25.1. The predicted molar refractivity (Wildman–Crippen MR) is 140 cm³/mol. The van der Waals surface area contributed by atoms with E-state index in [1.165, 1.54) is 24.5 Å². The van der Waals surface area contributed by atoms with Gasteiger partial charge in [0.05, 0.1) is 5.54 Å². The molecule has 4 rings (SSSR count). The molecule has 5 nitrogen and oxygen atoms in total. The van der Waals surface area contributed by atoms with Gasteiger partial charge in [-0.05, 0) is 66.8 Å². The second kappa shape index (κ2) is 12.1. The highest BCUT2D eigenvalue weighted by molar-refractivity contribution is 5.52. The van der Waals surface area contributed by atoms with Crippen LogP contribution in [-0.4, -0.2) is 13.2 Å². The zero-order valence-corrected chi connectivity index (χ0v) is 21.4. The van der Waals surface area contributed by atoms with E-state index in [-0.39, 0.29) is 11.5 Å². The number of rotatable bonds is 11. The number of nitrogens with one attached hydrogen (secondary N) is 1. The van der Waals surface area contributed by atoms with E-state index < -0.39 is 24.7 Å². The predicted octanol–water partition coefficient (Wildman–Crippen LogP) is 7.24. The number of hydrogen-bond acceptors (Lipinski definition) is 4. The molecule has 0 aliphatic carbocycles. The fourth-order valence-electron chi connectivity index (χ4n) is 4.45. The summed E-state index contributed by atoms with van der Waals surface area (Å²) in [6.45, 7) is -2.28. The SMILES string of the molecule is CC(C)(Nc1ccc(C(Cc2cc[n+]([O-])cc2)c2ccc(OC(F)F)c(OC(F)F)c2)cc1)c1ccccc1. The van der Waals surface area contributed by atoms with Crippen molar-refractivity contribution in [2.75, 3.05) is 5.32 Å². The molecule has 0 aliphatic heterocycles. The van der Waals surface area contributed by atoms with Crippen molar-refractivity contribution < 1.29 is 31.8 Å².